The van der Waals surface area contributed by atoms with Crippen molar-refractivity contribution >= 4 is 23.4 Å². The Morgan fingerprint density at radius 3 is 2.27 bits per heavy atom. The molecule has 0 saturated carbocycles. The van der Waals surface area contributed by atoms with Crippen LogP contribution >= 0.6 is 0 Å². The molecule has 1 aliphatic rings. The van der Waals surface area contributed by atoms with Gasteiger partial charge in [0.1, 0.15) is 0 Å². The number of hydrogen-bond donors (Lipinski definition) is 2. The molecule has 1 aliphatic heterocycles. The fourth-order valence-corrected chi connectivity index (χ4v) is 3.90. The highest BCUT2D eigenvalue weighted by Gasteiger charge is 2.20. The quantitative estimate of drug-likeness (QED) is 0.554. The standard InChI is InChI=1S/C27H27N3O3/c31-25-11-6-18-30(25)19-21-12-14-22(15-13-21)26(32)29-24-10-5-4-9-23(24)27(33)28-17-16-20-7-2-1-3-8-20/h1-5,7-10,12-15H,6,11,16-19H2,(H,28,33)(H,29,32). The van der Waals surface area contributed by atoms with Crippen molar-refractivity contribution in [3.63, 3.8) is 0 Å². The number of nitrogens with zero attached hydrogens (tertiary/aromatic N) is 1. The summed E-state index contributed by atoms with van der Waals surface area (Å²) in [5.74, 6) is -0.341. The van der Waals surface area contributed by atoms with Crippen LogP contribution in [0.5, 0.6) is 0 Å². The van der Waals surface area contributed by atoms with E-state index >= 15 is 0 Å². The molecule has 1 heterocycles. The fourth-order valence-electron chi connectivity index (χ4n) is 3.90. The molecule has 1 fully saturated rings. The summed E-state index contributed by atoms with van der Waals surface area (Å²) in [6.07, 6.45) is 2.24. The van der Waals surface area contributed by atoms with Crippen molar-refractivity contribution in [2.45, 2.75) is 25.8 Å². The minimum atomic E-state index is -0.289. The van der Waals surface area contributed by atoms with Gasteiger partial charge in [-0.1, -0.05) is 54.6 Å². The van der Waals surface area contributed by atoms with E-state index in [9.17, 15) is 14.4 Å². The van der Waals surface area contributed by atoms with Crippen LogP contribution in [0.2, 0.25) is 0 Å². The van der Waals surface area contributed by atoms with Crippen LogP contribution in [-0.2, 0) is 17.8 Å². The van der Waals surface area contributed by atoms with Gasteiger partial charge in [0.25, 0.3) is 11.8 Å². The van der Waals surface area contributed by atoms with Gasteiger partial charge in [-0.2, -0.15) is 0 Å². The number of nitrogens with one attached hydrogen (secondary N) is 2. The number of hydrogen-bond acceptors (Lipinski definition) is 3. The first-order chi connectivity index (χ1) is 16.1. The monoisotopic (exact) mass is 441 g/mol. The van der Waals surface area contributed by atoms with Gasteiger partial charge in [-0.3, -0.25) is 14.4 Å². The lowest BCUT2D eigenvalue weighted by molar-refractivity contribution is -0.128. The largest absolute Gasteiger partial charge is 0.352 e. The first-order valence-corrected chi connectivity index (χ1v) is 11.2. The first kappa shape index (κ1) is 22.3. The van der Waals surface area contributed by atoms with Crippen LogP contribution in [-0.4, -0.2) is 35.7 Å². The van der Waals surface area contributed by atoms with Crippen LogP contribution in [0.1, 0.15) is 44.7 Å². The van der Waals surface area contributed by atoms with Crippen LogP contribution < -0.4 is 10.6 Å². The van der Waals surface area contributed by atoms with Gasteiger partial charge < -0.3 is 15.5 Å². The Morgan fingerprint density at radius 2 is 1.55 bits per heavy atom. The van der Waals surface area contributed by atoms with Gasteiger partial charge in [0, 0.05) is 31.6 Å². The van der Waals surface area contributed by atoms with E-state index < -0.39 is 0 Å². The molecule has 0 aliphatic carbocycles. The summed E-state index contributed by atoms with van der Waals surface area (Å²) in [7, 11) is 0. The molecule has 0 aromatic heterocycles. The molecule has 2 N–H and O–H groups in total. The Morgan fingerprint density at radius 1 is 0.818 bits per heavy atom. The Balaban J connectivity index is 1.36. The zero-order chi connectivity index (χ0) is 23.0. The normalized spacial score (nSPS) is 13.1. The third kappa shape index (κ3) is 5.86. The topological polar surface area (TPSA) is 78.5 Å². The highest BCUT2D eigenvalue weighted by Crippen LogP contribution is 2.18. The lowest BCUT2D eigenvalue weighted by atomic mass is 10.1. The summed E-state index contributed by atoms with van der Waals surface area (Å²) in [5, 5.41) is 5.77. The summed E-state index contributed by atoms with van der Waals surface area (Å²) >= 11 is 0. The molecule has 1 saturated heterocycles. The number of carbonyl (C=O) groups excluding carboxylic acids is 3. The van der Waals surface area contributed by atoms with Crippen molar-refractivity contribution in [3.8, 4) is 0 Å². The van der Waals surface area contributed by atoms with E-state index in [0.717, 1.165) is 30.5 Å². The Hall–Kier alpha value is -3.93. The number of benzene rings is 3. The molecule has 33 heavy (non-hydrogen) atoms. The average Bonchev–Trinajstić information content (AvgIpc) is 3.24. The van der Waals surface area contributed by atoms with E-state index in [1.54, 1.807) is 36.4 Å². The van der Waals surface area contributed by atoms with Crippen LogP contribution in [0.15, 0.2) is 78.9 Å². The molecule has 3 aromatic rings. The van der Waals surface area contributed by atoms with Gasteiger partial charge in [0.15, 0.2) is 0 Å². The molecule has 3 aromatic carbocycles. The van der Waals surface area contributed by atoms with E-state index in [2.05, 4.69) is 10.6 Å². The zero-order valence-electron chi connectivity index (χ0n) is 18.4. The number of likely N-dealkylation sites (tertiary alicyclic amines) is 1. The Labute approximate surface area is 193 Å². The van der Waals surface area contributed by atoms with Gasteiger partial charge in [-0.25, -0.2) is 0 Å². The molecule has 0 radical (unpaired) electrons. The summed E-state index contributed by atoms with van der Waals surface area (Å²) in [6, 6.07) is 24.1. The average molecular weight is 442 g/mol. The van der Waals surface area contributed by atoms with Crippen LogP contribution in [0.3, 0.4) is 0 Å². The van der Waals surface area contributed by atoms with Crippen LogP contribution in [0, 0.1) is 0 Å². The second-order valence-corrected chi connectivity index (χ2v) is 8.11. The van der Waals surface area contributed by atoms with Crippen molar-refractivity contribution in [3.05, 3.63) is 101 Å². The van der Waals surface area contributed by atoms with Crippen molar-refractivity contribution in [1.82, 2.24) is 10.2 Å². The van der Waals surface area contributed by atoms with Gasteiger partial charge in [-0.15, -0.1) is 0 Å². The number of amides is 3. The number of rotatable bonds is 8. The molecule has 4 rings (SSSR count). The Bertz CT molecular complexity index is 1130. The van der Waals surface area contributed by atoms with Gasteiger partial charge in [-0.05, 0) is 48.2 Å². The predicted molar refractivity (Wildman–Crippen MR) is 128 cm³/mol. The third-order valence-electron chi connectivity index (χ3n) is 5.72. The van der Waals surface area contributed by atoms with Crippen molar-refractivity contribution in [2.24, 2.45) is 0 Å². The van der Waals surface area contributed by atoms with E-state index in [-0.39, 0.29) is 17.7 Å². The summed E-state index contributed by atoms with van der Waals surface area (Å²) in [4.78, 5) is 39.1. The van der Waals surface area contributed by atoms with Crippen molar-refractivity contribution in [2.75, 3.05) is 18.4 Å². The fraction of sp³-hybridized carbons (Fsp3) is 0.222. The lowest BCUT2D eigenvalue weighted by Crippen LogP contribution is -2.27. The Kier molecular flexibility index (Phi) is 7.15. The molecule has 168 valence electrons. The highest BCUT2D eigenvalue weighted by molar-refractivity contribution is 6.09. The SMILES string of the molecule is O=C(Nc1ccccc1C(=O)NCCc1ccccc1)c1ccc(CN2CCCC2=O)cc1. The number of para-hydroxylation sites is 1. The lowest BCUT2D eigenvalue weighted by Gasteiger charge is -2.15. The zero-order valence-corrected chi connectivity index (χ0v) is 18.4. The summed E-state index contributed by atoms with van der Waals surface area (Å²) < 4.78 is 0. The summed E-state index contributed by atoms with van der Waals surface area (Å²) in [5.41, 5.74) is 3.51. The molecule has 0 bridgehead atoms. The smallest absolute Gasteiger partial charge is 0.255 e. The van der Waals surface area contributed by atoms with Crippen molar-refractivity contribution < 1.29 is 14.4 Å². The second kappa shape index (κ2) is 10.6. The van der Waals surface area contributed by atoms with Gasteiger partial charge in [0.2, 0.25) is 5.91 Å². The molecule has 6 heteroatoms. The molecular formula is C27H27N3O3. The van der Waals surface area contributed by atoms with Crippen molar-refractivity contribution in [1.29, 1.82) is 0 Å². The second-order valence-electron chi connectivity index (χ2n) is 8.11. The maximum Gasteiger partial charge on any atom is 0.255 e. The number of anilines is 1. The third-order valence-corrected chi connectivity index (χ3v) is 5.72. The maximum absolute atomic E-state index is 12.8. The highest BCUT2D eigenvalue weighted by atomic mass is 16.2. The predicted octanol–water partition coefficient (Wildman–Crippen LogP) is 4.03. The molecule has 0 spiro atoms. The molecule has 0 unspecified atom stereocenters. The number of carbonyl (C=O) groups is 3. The van der Waals surface area contributed by atoms with E-state index in [1.807, 2.05) is 47.4 Å². The first-order valence-electron chi connectivity index (χ1n) is 11.2. The van der Waals surface area contributed by atoms with Gasteiger partial charge >= 0.3 is 0 Å². The maximum atomic E-state index is 12.8. The summed E-state index contributed by atoms with van der Waals surface area (Å²) in [6.45, 7) is 1.85. The molecule has 3 amide bonds. The van der Waals surface area contributed by atoms with Crippen LogP contribution in [0.4, 0.5) is 5.69 Å². The van der Waals surface area contributed by atoms with E-state index in [1.165, 1.54) is 0 Å². The molecule has 6 nitrogen and oxygen atoms in total. The van der Waals surface area contributed by atoms with Crippen LogP contribution in [0.25, 0.3) is 0 Å². The van der Waals surface area contributed by atoms with Gasteiger partial charge in [0.05, 0.1) is 11.3 Å². The molecule has 0 atom stereocenters. The minimum absolute atomic E-state index is 0.176. The van der Waals surface area contributed by atoms with E-state index in [0.29, 0.717) is 36.3 Å². The van der Waals surface area contributed by atoms with E-state index in [4.69, 9.17) is 0 Å². The molecular weight excluding hydrogens is 414 g/mol. The minimum Gasteiger partial charge on any atom is -0.352 e.